The zero-order valence-corrected chi connectivity index (χ0v) is 12.6. The minimum absolute atomic E-state index is 0.110. The Morgan fingerprint density at radius 2 is 1.95 bits per heavy atom. The third-order valence-corrected chi connectivity index (χ3v) is 4.10. The Balaban J connectivity index is 1.99. The van der Waals surface area contributed by atoms with Gasteiger partial charge in [-0.05, 0) is 25.0 Å². The molecule has 0 spiro atoms. The van der Waals surface area contributed by atoms with Crippen LogP contribution in [0.5, 0.6) is 5.75 Å². The maximum absolute atomic E-state index is 8.56. The van der Waals surface area contributed by atoms with Crippen LogP contribution in [-0.4, -0.2) is 19.7 Å². The number of hydrogen-bond donors (Lipinski definition) is 0. The highest BCUT2D eigenvalue weighted by atomic mass is 16.5. The van der Waals surface area contributed by atoms with Crippen LogP contribution in [0.25, 0.3) is 0 Å². The van der Waals surface area contributed by atoms with E-state index < -0.39 is 0 Å². The van der Waals surface area contributed by atoms with Gasteiger partial charge in [0.1, 0.15) is 11.8 Å². The lowest BCUT2D eigenvalue weighted by Gasteiger charge is -2.52. The summed E-state index contributed by atoms with van der Waals surface area (Å²) in [6, 6.07) is 10.1. The minimum atomic E-state index is 0.110. The molecule has 1 aliphatic heterocycles. The molecule has 1 aliphatic rings. The molecule has 0 bridgehead atoms. The Bertz CT molecular complexity index is 464. The molecular formula is C17H24N2O. The molecular weight excluding hydrogens is 248 g/mol. The lowest BCUT2D eigenvalue weighted by Crippen LogP contribution is -2.56. The second-order valence-corrected chi connectivity index (χ2v) is 5.80. The summed E-state index contributed by atoms with van der Waals surface area (Å²) in [6.45, 7) is 6.96. The van der Waals surface area contributed by atoms with E-state index in [0.29, 0.717) is 5.41 Å². The summed E-state index contributed by atoms with van der Waals surface area (Å²) in [7, 11) is 0. The van der Waals surface area contributed by atoms with Crippen LogP contribution in [0.3, 0.4) is 0 Å². The summed E-state index contributed by atoms with van der Waals surface area (Å²) < 4.78 is 5.37. The lowest BCUT2D eigenvalue weighted by molar-refractivity contribution is 0.173. The van der Waals surface area contributed by atoms with E-state index in [1.807, 2.05) is 24.3 Å². The predicted octanol–water partition coefficient (Wildman–Crippen LogP) is 4.00. The summed E-state index contributed by atoms with van der Waals surface area (Å²) in [4.78, 5) is 2.42. The number of rotatable bonds is 7. The van der Waals surface area contributed by atoms with E-state index in [-0.39, 0.29) is 6.61 Å². The quantitative estimate of drug-likeness (QED) is 0.753. The largest absolute Gasteiger partial charge is 0.479 e. The Morgan fingerprint density at radius 1 is 1.25 bits per heavy atom. The van der Waals surface area contributed by atoms with Gasteiger partial charge in [-0.25, -0.2) is 0 Å². The van der Waals surface area contributed by atoms with E-state index >= 15 is 0 Å². The number of benzene rings is 1. The number of anilines is 1. The van der Waals surface area contributed by atoms with E-state index in [9.17, 15) is 0 Å². The highest BCUT2D eigenvalue weighted by molar-refractivity contribution is 5.53. The zero-order valence-electron chi connectivity index (χ0n) is 12.6. The van der Waals surface area contributed by atoms with E-state index in [0.717, 1.165) is 18.8 Å². The maximum Gasteiger partial charge on any atom is 0.174 e. The van der Waals surface area contributed by atoms with Crippen molar-refractivity contribution in [3.05, 3.63) is 24.3 Å². The van der Waals surface area contributed by atoms with Crippen molar-refractivity contribution in [1.82, 2.24) is 0 Å². The van der Waals surface area contributed by atoms with Crippen LogP contribution in [0.15, 0.2) is 24.3 Å². The summed E-state index contributed by atoms with van der Waals surface area (Å²) in [5, 5.41) is 8.56. The maximum atomic E-state index is 8.56. The van der Waals surface area contributed by atoms with Gasteiger partial charge in [-0.15, -0.1) is 0 Å². The number of ether oxygens (including phenoxy) is 1. The average Bonchev–Trinajstić information content (AvgIpc) is 2.42. The SMILES string of the molecule is CCCC1(CCC)CN(c2cccc(OCC#N)c2)C1. The van der Waals surface area contributed by atoms with Crippen LogP contribution < -0.4 is 9.64 Å². The van der Waals surface area contributed by atoms with Crippen molar-refractivity contribution >= 4 is 5.69 Å². The second kappa shape index (κ2) is 6.65. The molecule has 0 aromatic heterocycles. The normalized spacial score (nSPS) is 16.4. The van der Waals surface area contributed by atoms with Crippen molar-refractivity contribution in [2.45, 2.75) is 39.5 Å². The van der Waals surface area contributed by atoms with Gasteiger partial charge in [0.05, 0.1) is 0 Å². The Kier molecular flexibility index (Phi) is 4.89. The molecule has 0 radical (unpaired) electrons. The highest BCUT2D eigenvalue weighted by Crippen LogP contribution is 2.42. The van der Waals surface area contributed by atoms with Crippen LogP contribution in [0.4, 0.5) is 5.69 Å². The molecule has 0 aliphatic carbocycles. The molecule has 1 aromatic carbocycles. The van der Waals surface area contributed by atoms with Gasteiger partial charge in [-0.3, -0.25) is 0 Å². The second-order valence-electron chi connectivity index (χ2n) is 5.80. The molecule has 1 heterocycles. The van der Waals surface area contributed by atoms with Crippen molar-refractivity contribution in [2.75, 3.05) is 24.6 Å². The van der Waals surface area contributed by atoms with Crippen molar-refractivity contribution in [1.29, 1.82) is 5.26 Å². The molecule has 3 nitrogen and oxygen atoms in total. The van der Waals surface area contributed by atoms with E-state index in [1.54, 1.807) is 0 Å². The molecule has 20 heavy (non-hydrogen) atoms. The first-order chi connectivity index (χ1) is 9.73. The van der Waals surface area contributed by atoms with Gasteiger partial charge in [0.2, 0.25) is 0 Å². The van der Waals surface area contributed by atoms with Crippen molar-refractivity contribution in [3.8, 4) is 11.8 Å². The molecule has 1 aromatic rings. The fourth-order valence-electron chi connectivity index (χ4n) is 3.33. The first-order valence-electron chi connectivity index (χ1n) is 7.58. The van der Waals surface area contributed by atoms with E-state index in [4.69, 9.17) is 10.00 Å². The Morgan fingerprint density at radius 3 is 2.55 bits per heavy atom. The van der Waals surface area contributed by atoms with Gasteiger partial charge in [0.25, 0.3) is 0 Å². The third-order valence-electron chi connectivity index (χ3n) is 4.10. The summed E-state index contributed by atoms with van der Waals surface area (Å²) >= 11 is 0. The average molecular weight is 272 g/mol. The van der Waals surface area contributed by atoms with Gasteiger partial charge >= 0.3 is 0 Å². The van der Waals surface area contributed by atoms with Gasteiger partial charge < -0.3 is 9.64 Å². The van der Waals surface area contributed by atoms with Gasteiger partial charge in [-0.2, -0.15) is 5.26 Å². The topological polar surface area (TPSA) is 36.3 Å². The van der Waals surface area contributed by atoms with Gasteiger partial charge in [-0.1, -0.05) is 32.8 Å². The molecule has 0 unspecified atom stereocenters. The van der Waals surface area contributed by atoms with Crippen molar-refractivity contribution < 1.29 is 4.74 Å². The highest BCUT2D eigenvalue weighted by Gasteiger charge is 2.41. The molecule has 0 amide bonds. The summed E-state index contributed by atoms with van der Waals surface area (Å²) in [6.07, 6.45) is 5.17. The molecule has 3 heteroatoms. The summed E-state index contributed by atoms with van der Waals surface area (Å²) in [5.74, 6) is 0.785. The molecule has 1 saturated heterocycles. The summed E-state index contributed by atoms with van der Waals surface area (Å²) in [5.41, 5.74) is 1.73. The smallest absolute Gasteiger partial charge is 0.174 e. The molecule has 0 N–H and O–H groups in total. The van der Waals surface area contributed by atoms with E-state index in [2.05, 4.69) is 24.8 Å². The first kappa shape index (κ1) is 14.7. The number of nitrogens with zero attached hydrogens (tertiary/aromatic N) is 2. The zero-order chi connectivity index (χ0) is 14.4. The number of nitriles is 1. The third kappa shape index (κ3) is 3.25. The monoisotopic (exact) mass is 272 g/mol. The molecule has 0 atom stereocenters. The fraction of sp³-hybridized carbons (Fsp3) is 0.588. The molecule has 108 valence electrons. The molecule has 1 fully saturated rings. The predicted molar refractivity (Wildman–Crippen MR) is 82.0 cm³/mol. The van der Waals surface area contributed by atoms with Crippen LogP contribution >= 0.6 is 0 Å². The van der Waals surface area contributed by atoms with Crippen LogP contribution in [0.2, 0.25) is 0 Å². The van der Waals surface area contributed by atoms with Crippen molar-refractivity contribution in [2.24, 2.45) is 5.41 Å². The van der Waals surface area contributed by atoms with Crippen molar-refractivity contribution in [3.63, 3.8) is 0 Å². The van der Waals surface area contributed by atoms with Gasteiger partial charge in [0.15, 0.2) is 6.61 Å². The Labute approximate surface area is 122 Å². The fourth-order valence-corrected chi connectivity index (χ4v) is 3.33. The minimum Gasteiger partial charge on any atom is -0.479 e. The van der Waals surface area contributed by atoms with Crippen LogP contribution in [0.1, 0.15) is 39.5 Å². The molecule has 0 saturated carbocycles. The first-order valence-corrected chi connectivity index (χ1v) is 7.58. The standard InChI is InChI=1S/C17H24N2O/c1-3-8-17(9-4-2)13-19(14-17)15-6-5-7-16(12-15)20-11-10-18/h5-7,12H,3-4,8-9,11,13-14H2,1-2H3. The number of hydrogen-bond acceptors (Lipinski definition) is 3. The van der Waals surface area contributed by atoms with Crippen LogP contribution in [-0.2, 0) is 0 Å². The van der Waals surface area contributed by atoms with Gasteiger partial charge in [0, 0.05) is 30.3 Å². The Hall–Kier alpha value is -1.69. The van der Waals surface area contributed by atoms with E-state index in [1.165, 1.54) is 31.4 Å². The molecule has 2 rings (SSSR count). The lowest BCUT2D eigenvalue weighted by atomic mass is 9.72. The van der Waals surface area contributed by atoms with Crippen LogP contribution in [0, 0.1) is 16.7 Å².